The number of phenols is 1. The Morgan fingerprint density at radius 3 is 2.71 bits per heavy atom. The third-order valence-electron chi connectivity index (χ3n) is 2.71. The number of aryl methyl sites for hydroxylation is 1. The molecule has 6 heteroatoms. The lowest BCUT2D eigenvalue weighted by molar-refractivity contribution is 0.0977. The highest BCUT2D eigenvalue weighted by atomic mass is 35.5. The van der Waals surface area contributed by atoms with Crippen molar-refractivity contribution in [2.45, 2.75) is 6.92 Å². The number of carbonyl (C=O) groups excluding carboxylic acids is 1. The lowest BCUT2D eigenvalue weighted by Gasteiger charge is -2.11. The maximum absolute atomic E-state index is 12.0. The average molecular weight is 321 g/mol. The van der Waals surface area contributed by atoms with E-state index in [0.717, 1.165) is 5.56 Å². The van der Waals surface area contributed by atoms with Crippen molar-refractivity contribution in [3.63, 3.8) is 0 Å². The van der Waals surface area contributed by atoms with Crippen molar-refractivity contribution < 1.29 is 9.90 Å². The van der Waals surface area contributed by atoms with Crippen LogP contribution in [0.4, 0.5) is 5.69 Å². The molecule has 21 heavy (non-hydrogen) atoms. The van der Waals surface area contributed by atoms with Crippen LogP contribution in [0.5, 0.6) is 5.75 Å². The van der Waals surface area contributed by atoms with Crippen LogP contribution in [-0.4, -0.2) is 16.1 Å². The van der Waals surface area contributed by atoms with E-state index >= 15 is 0 Å². The number of amides is 1. The average Bonchev–Trinajstić information content (AvgIpc) is 2.42. The van der Waals surface area contributed by atoms with Gasteiger partial charge in [0.25, 0.3) is 5.91 Å². The van der Waals surface area contributed by atoms with Crippen LogP contribution >= 0.6 is 23.8 Å². The van der Waals surface area contributed by atoms with Crippen LogP contribution in [-0.2, 0) is 0 Å². The topological polar surface area (TPSA) is 61.4 Å². The minimum absolute atomic E-state index is 0.0555. The largest absolute Gasteiger partial charge is 0.506 e. The van der Waals surface area contributed by atoms with Crippen LogP contribution in [0.3, 0.4) is 0 Å². The Hall–Kier alpha value is -2.11. The van der Waals surface area contributed by atoms with E-state index in [2.05, 4.69) is 10.6 Å². The number of carbonyl (C=O) groups is 1. The summed E-state index contributed by atoms with van der Waals surface area (Å²) in [5.74, 6) is -0.318. The molecular weight excluding hydrogens is 308 g/mol. The molecule has 0 aliphatic carbocycles. The molecule has 0 spiro atoms. The SMILES string of the molecule is Cc1ccc(O)c(NC(=S)NC(=O)c2cccc(Cl)c2)c1. The van der Waals surface area contributed by atoms with Gasteiger partial charge >= 0.3 is 0 Å². The highest BCUT2D eigenvalue weighted by Gasteiger charge is 2.09. The number of aromatic hydroxyl groups is 1. The number of benzene rings is 2. The van der Waals surface area contributed by atoms with Gasteiger partial charge in [0.2, 0.25) is 0 Å². The molecule has 0 saturated heterocycles. The van der Waals surface area contributed by atoms with Gasteiger partial charge in [-0.15, -0.1) is 0 Å². The number of nitrogens with one attached hydrogen (secondary N) is 2. The third kappa shape index (κ3) is 4.18. The number of rotatable bonds is 2. The zero-order valence-electron chi connectivity index (χ0n) is 11.2. The van der Waals surface area contributed by atoms with Crippen molar-refractivity contribution in [2.75, 3.05) is 5.32 Å². The zero-order chi connectivity index (χ0) is 15.4. The van der Waals surface area contributed by atoms with Gasteiger partial charge in [-0.25, -0.2) is 0 Å². The van der Waals surface area contributed by atoms with Gasteiger partial charge < -0.3 is 10.4 Å². The molecule has 2 aromatic rings. The minimum Gasteiger partial charge on any atom is -0.506 e. The molecule has 0 unspecified atom stereocenters. The Morgan fingerprint density at radius 2 is 2.00 bits per heavy atom. The number of thiocarbonyl (C=S) groups is 1. The number of phenolic OH excluding ortho intramolecular Hbond substituents is 1. The first-order chi connectivity index (χ1) is 9.95. The summed E-state index contributed by atoms with van der Waals surface area (Å²) in [6.07, 6.45) is 0. The van der Waals surface area contributed by atoms with Gasteiger partial charge in [0.15, 0.2) is 5.11 Å². The van der Waals surface area contributed by atoms with E-state index in [1.54, 1.807) is 42.5 Å². The number of hydrogen-bond acceptors (Lipinski definition) is 3. The Kier molecular flexibility index (Phi) is 4.77. The van der Waals surface area contributed by atoms with E-state index < -0.39 is 0 Å². The molecule has 0 radical (unpaired) electrons. The second-order valence-electron chi connectivity index (χ2n) is 4.44. The van der Waals surface area contributed by atoms with Crippen molar-refractivity contribution >= 4 is 40.5 Å². The molecule has 0 saturated carbocycles. The summed E-state index contributed by atoms with van der Waals surface area (Å²) in [6, 6.07) is 11.6. The van der Waals surface area contributed by atoms with Gasteiger partial charge in [-0.3, -0.25) is 10.1 Å². The number of halogens is 1. The summed E-state index contributed by atoms with van der Waals surface area (Å²) in [6.45, 7) is 1.89. The molecule has 2 rings (SSSR count). The van der Waals surface area contributed by atoms with Crippen LogP contribution in [0.1, 0.15) is 15.9 Å². The normalized spacial score (nSPS) is 10.0. The maximum Gasteiger partial charge on any atom is 0.257 e. The second-order valence-corrected chi connectivity index (χ2v) is 5.28. The molecule has 0 aromatic heterocycles. The standard InChI is InChI=1S/C15H13ClN2O2S/c1-9-5-6-13(19)12(7-9)17-15(21)18-14(20)10-3-2-4-11(16)8-10/h2-8,19H,1H3,(H2,17,18,20,21). The molecule has 0 bridgehead atoms. The van der Waals surface area contributed by atoms with Gasteiger partial charge in [-0.05, 0) is 55.0 Å². The van der Waals surface area contributed by atoms with Crippen molar-refractivity contribution in [2.24, 2.45) is 0 Å². The van der Waals surface area contributed by atoms with Crippen LogP contribution < -0.4 is 10.6 Å². The number of hydrogen-bond donors (Lipinski definition) is 3. The highest BCUT2D eigenvalue weighted by molar-refractivity contribution is 7.80. The van der Waals surface area contributed by atoms with Crippen molar-refractivity contribution in [3.8, 4) is 5.75 Å². The van der Waals surface area contributed by atoms with E-state index in [9.17, 15) is 9.90 Å². The van der Waals surface area contributed by atoms with Gasteiger partial charge in [-0.1, -0.05) is 23.7 Å². The molecule has 0 heterocycles. The Bertz CT molecular complexity index is 704. The molecule has 3 N–H and O–H groups in total. The second kappa shape index (κ2) is 6.56. The predicted octanol–water partition coefficient (Wildman–Crippen LogP) is 3.48. The quantitative estimate of drug-likeness (QED) is 0.585. The van der Waals surface area contributed by atoms with Crippen molar-refractivity contribution in [1.29, 1.82) is 0 Å². The summed E-state index contributed by atoms with van der Waals surface area (Å²) >= 11 is 10.9. The zero-order valence-corrected chi connectivity index (χ0v) is 12.8. The van der Waals surface area contributed by atoms with Gasteiger partial charge in [0.05, 0.1) is 5.69 Å². The molecule has 108 valence electrons. The van der Waals surface area contributed by atoms with Crippen LogP contribution in [0.25, 0.3) is 0 Å². The van der Waals surface area contributed by atoms with Crippen LogP contribution in [0.2, 0.25) is 5.02 Å². The predicted molar refractivity (Wildman–Crippen MR) is 88.0 cm³/mol. The maximum atomic E-state index is 12.0. The fourth-order valence-corrected chi connectivity index (χ4v) is 2.10. The first kappa shape index (κ1) is 15.3. The van der Waals surface area contributed by atoms with Crippen molar-refractivity contribution in [1.82, 2.24) is 5.32 Å². The van der Waals surface area contributed by atoms with Crippen LogP contribution in [0, 0.1) is 6.92 Å². The van der Waals surface area contributed by atoms with E-state index in [1.807, 2.05) is 6.92 Å². The summed E-state index contributed by atoms with van der Waals surface area (Å²) in [7, 11) is 0. The summed E-state index contributed by atoms with van der Waals surface area (Å²) in [5, 5.41) is 15.6. The highest BCUT2D eigenvalue weighted by Crippen LogP contribution is 2.23. The lowest BCUT2D eigenvalue weighted by Crippen LogP contribution is -2.34. The summed E-state index contributed by atoms with van der Waals surface area (Å²) in [5.41, 5.74) is 1.80. The van der Waals surface area contributed by atoms with E-state index in [-0.39, 0.29) is 16.8 Å². The lowest BCUT2D eigenvalue weighted by atomic mass is 10.2. The molecule has 2 aromatic carbocycles. The molecule has 0 atom stereocenters. The van der Waals surface area contributed by atoms with E-state index in [4.69, 9.17) is 23.8 Å². The minimum atomic E-state index is -0.373. The van der Waals surface area contributed by atoms with Crippen LogP contribution in [0.15, 0.2) is 42.5 Å². The first-order valence-electron chi connectivity index (χ1n) is 6.13. The molecule has 0 aliphatic heterocycles. The van der Waals surface area contributed by atoms with E-state index in [1.165, 1.54) is 0 Å². The number of anilines is 1. The molecule has 4 nitrogen and oxygen atoms in total. The van der Waals surface area contributed by atoms with Gasteiger partial charge in [0, 0.05) is 10.6 Å². The smallest absolute Gasteiger partial charge is 0.257 e. The monoisotopic (exact) mass is 320 g/mol. The van der Waals surface area contributed by atoms with Gasteiger partial charge in [0.1, 0.15) is 5.75 Å². The summed E-state index contributed by atoms with van der Waals surface area (Å²) < 4.78 is 0. The molecule has 0 fully saturated rings. The van der Waals surface area contributed by atoms with Gasteiger partial charge in [-0.2, -0.15) is 0 Å². The van der Waals surface area contributed by atoms with Crippen molar-refractivity contribution in [3.05, 3.63) is 58.6 Å². The molecule has 1 amide bonds. The fourth-order valence-electron chi connectivity index (χ4n) is 1.71. The third-order valence-corrected chi connectivity index (χ3v) is 3.15. The fraction of sp³-hybridized carbons (Fsp3) is 0.0667. The van der Waals surface area contributed by atoms with E-state index in [0.29, 0.717) is 16.3 Å². The Balaban J connectivity index is 2.05. The summed E-state index contributed by atoms with van der Waals surface area (Å²) in [4.78, 5) is 12.0. The Morgan fingerprint density at radius 1 is 1.24 bits per heavy atom. The Labute approximate surface area is 132 Å². The first-order valence-corrected chi connectivity index (χ1v) is 6.92. The molecular formula is C15H13ClN2O2S. The molecule has 0 aliphatic rings.